The predicted molar refractivity (Wildman–Crippen MR) is 98.2 cm³/mol. The fraction of sp³-hybridized carbons (Fsp3) is 0.471. The first-order chi connectivity index (χ1) is 12.5. The molecule has 1 aliphatic rings. The molecule has 0 aliphatic carbocycles. The molecule has 0 radical (unpaired) electrons. The van der Waals surface area contributed by atoms with Crippen LogP contribution in [0.15, 0.2) is 24.0 Å². The third-order valence-corrected chi connectivity index (χ3v) is 5.13. The molecule has 138 valence electrons. The van der Waals surface area contributed by atoms with Crippen LogP contribution in [-0.4, -0.2) is 56.8 Å². The second kappa shape index (κ2) is 8.33. The number of nitrogens with zero attached hydrogens (tertiary/aromatic N) is 4. The molecule has 3 heterocycles. The van der Waals surface area contributed by atoms with Gasteiger partial charge in [0.05, 0.1) is 30.9 Å². The molecule has 3 rings (SSSR count). The fourth-order valence-corrected chi connectivity index (χ4v) is 3.69. The number of rotatable bonds is 6. The van der Waals surface area contributed by atoms with Gasteiger partial charge in [-0.2, -0.15) is 0 Å². The summed E-state index contributed by atoms with van der Waals surface area (Å²) < 4.78 is 0. The predicted octanol–water partition coefficient (Wildman–Crippen LogP) is 0.815. The Morgan fingerprint density at radius 2 is 2.31 bits per heavy atom. The van der Waals surface area contributed by atoms with Crippen molar-refractivity contribution >= 4 is 23.2 Å². The topological polar surface area (TPSA) is 100 Å². The number of aromatic nitrogens is 3. The number of hydrogen-bond acceptors (Lipinski definition) is 7. The Hall–Kier alpha value is -2.39. The van der Waals surface area contributed by atoms with Crippen molar-refractivity contribution in [3.8, 4) is 10.7 Å². The van der Waals surface area contributed by atoms with Crippen molar-refractivity contribution in [1.29, 1.82) is 0 Å². The van der Waals surface area contributed by atoms with Crippen molar-refractivity contribution < 1.29 is 9.59 Å². The first-order valence-electron chi connectivity index (χ1n) is 8.55. The molecule has 8 nitrogen and oxygen atoms in total. The lowest BCUT2D eigenvalue weighted by molar-refractivity contribution is -0.134. The third kappa shape index (κ3) is 4.41. The van der Waals surface area contributed by atoms with Gasteiger partial charge in [-0.05, 0) is 13.8 Å². The highest BCUT2D eigenvalue weighted by Crippen LogP contribution is 2.20. The molecule has 0 saturated carbocycles. The van der Waals surface area contributed by atoms with Gasteiger partial charge < -0.3 is 10.6 Å². The van der Waals surface area contributed by atoms with Crippen molar-refractivity contribution in [2.24, 2.45) is 0 Å². The molecule has 0 bridgehead atoms. The number of hydrogen-bond donors (Lipinski definition) is 2. The number of nitrogens with one attached hydrogen (secondary N) is 2. The number of carbonyl (C=O) groups excluding carboxylic acids is 2. The average molecular weight is 374 g/mol. The van der Waals surface area contributed by atoms with Gasteiger partial charge in [-0.15, -0.1) is 11.3 Å². The van der Waals surface area contributed by atoms with Gasteiger partial charge >= 0.3 is 0 Å². The maximum Gasteiger partial charge on any atom is 0.237 e. The van der Waals surface area contributed by atoms with E-state index in [2.05, 4.69) is 30.5 Å². The van der Waals surface area contributed by atoms with Gasteiger partial charge in [0.2, 0.25) is 11.8 Å². The van der Waals surface area contributed by atoms with Crippen molar-refractivity contribution in [3.63, 3.8) is 0 Å². The standard InChI is InChI=1S/C17H22N6O2S/c1-11(2)23-6-5-20-16(25)14(23)7-15(24)21-8-12-10-26-17(22-12)13-9-18-3-4-19-13/h3-4,9-11,14H,5-8H2,1-2H3,(H,20,25)(H,21,24). The van der Waals surface area contributed by atoms with Gasteiger partial charge in [0.1, 0.15) is 10.7 Å². The highest BCUT2D eigenvalue weighted by molar-refractivity contribution is 7.13. The average Bonchev–Trinajstić information content (AvgIpc) is 3.11. The first kappa shape index (κ1) is 18.4. The van der Waals surface area contributed by atoms with Crippen LogP contribution in [0.3, 0.4) is 0 Å². The van der Waals surface area contributed by atoms with E-state index in [9.17, 15) is 9.59 Å². The summed E-state index contributed by atoms with van der Waals surface area (Å²) >= 11 is 1.46. The number of piperazine rings is 1. The van der Waals surface area contributed by atoms with Gasteiger partial charge in [0.25, 0.3) is 0 Å². The molecule has 2 amide bonds. The van der Waals surface area contributed by atoms with Gasteiger partial charge in [0.15, 0.2) is 0 Å². The summed E-state index contributed by atoms with van der Waals surface area (Å²) in [5.74, 6) is -0.245. The summed E-state index contributed by atoms with van der Waals surface area (Å²) in [6.07, 6.45) is 5.03. The van der Waals surface area contributed by atoms with Crippen LogP contribution in [0, 0.1) is 0 Å². The molecule has 2 aromatic rings. The minimum atomic E-state index is -0.422. The van der Waals surface area contributed by atoms with Crippen molar-refractivity contribution in [2.45, 2.75) is 38.9 Å². The van der Waals surface area contributed by atoms with Crippen LogP contribution >= 0.6 is 11.3 Å². The van der Waals surface area contributed by atoms with E-state index in [-0.39, 0.29) is 24.3 Å². The van der Waals surface area contributed by atoms with Gasteiger partial charge in [-0.3, -0.25) is 24.5 Å². The van der Waals surface area contributed by atoms with Gasteiger partial charge in [0, 0.05) is 36.9 Å². The smallest absolute Gasteiger partial charge is 0.237 e. The lowest BCUT2D eigenvalue weighted by atomic mass is 10.1. The van der Waals surface area contributed by atoms with Crippen LogP contribution < -0.4 is 10.6 Å². The molecule has 1 fully saturated rings. The summed E-state index contributed by atoms with van der Waals surface area (Å²) in [4.78, 5) is 39.2. The molecule has 1 unspecified atom stereocenters. The second-order valence-electron chi connectivity index (χ2n) is 6.35. The second-order valence-corrected chi connectivity index (χ2v) is 7.21. The molecule has 2 N–H and O–H groups in total. The molecule has 1 saturated heterocycles. The largest absolute Gasteiger partial charge is 0.353 e. The maximum atomic E-state index is 12.3. The quantitative estimate of drug-likeness (QED) is 0.776. The summed E-state index contributed by atoms with van der Waals surface area (Å²) in [6, 6.07) is -0.207. The summed E-state index contributed by atoms with van der Waals surface area (Å²) in [5.41, 5.74) is 1.47. The highest BCUT2D eigenvalue weighted by Gasteiger charge is 2.32. The van der Waals surface area contributed by atoms with Crippen LogP contribution in [-0.2, 0) is 16.1 Å². The highest BCUT2D eigenvalue weighted by atomic mass is 32.1. The molecule has 2 aromatic heterocycles. The van der Waals surface area contributed by atoms with Gasteiger partial charge in [-0.1, -0.05) is 0 Å². The van der Waals surface area contributed by atoms with E-state index in [4.69, 9.17) is 0 Å². The van der Waals surface area contributed by atoms with E-state index in [1.807, 2.05) is 19.2 Å². The van der Waals surface area contributed by atoms with Crippen LogP contribution in [0.5, 0.6) is 0 Å². The van der Waals surface area contributed by atoms with E-state index in [0.717, 1.165) is 17.2 Å². The Bertz CT molecular complexity index is 764. The molecule has 0 aromatic carbocycles. The van der Waals surface area contributed by atoms with Crippen molar-refractivity contribution in [2.75, 3.05) is 13.1 Å². The maximum absolute atomic E-state index is 12.3. The summed E-state index contributed by atoms with van der Waals surface area (Å²) in [6.45, 7) is 5.78. The minimum Gasteiger partial charge on any atom is -0.353 e. The normalized spacial score (nSPS) is 18.0. The van der Waals surface area contributed by atoms with E-state index in [1.54, 1.807) is 18.6 Å². The van der Waals surface area contributed by atoms with Crippen molar-refractivity contribution in [1.82, 2.24) is 30.5 Å². The van der Waals surface area contributed by atoms with Crippen LogP contribution in [0.25, 0.3) is 10.7 Å². The van der Waals surface area contributed by atoms with E-state index >= 15 is 0 Å². The van der Waals surface area contributed by atoms with Crippen LogP contribution in [0.2, 0.25) is 0 Å². The Kier molecular flexibility index (Phi) is 5.89. The molecule has 0 spiro atoms. The Labute approximate surface area is 156 Å². The van der Waals surface area contributed by atoms with E-state index in [1.165, 1.54) is 11.3 Å². The Morgan fingerprint density at radius 3 is 3.04 bits per heavy atom. The number of thiazole rings is 1. The van der Waals surface area contributed by atoms with Gasteiger partial charge in [-0.25, -0.2) is 4.98 Å². The molecule has 1 atom stereocenters. The number of amides is 2. The first-order valence-corrected chi connectivity index (χ1v) is 9.43. The van der Waals surface area contributed by atoms with Crippen LogP contribution in [0.1, 0.15) is 26.0 Å². The lowest BCUT2D eigenvalue weighted by Crippen LogP contribution is -2.58. The zero-order chi connectivity index (χ0) is 18.5. The summed E-state index contributed by atoms with van der Waals surface area (Å²) in [5, 5.41) is 8.34. The van der Waals surface area contributed by atoms with Crippen LogP contribution in [0.4, 0.5) is 0 Å². The molecular weight excluding hydrogens is 352 g/mol. The zero-order valence-electron chi connectivity index (χ0n) is 14.8. The lowest BCUT2D eigenvalue weighted by Gasteiger charge is -2.37. The van der Waals surface area contributed by atoms with E-state index in [0.29, 0.717) is 18.8 Å². The zero-order valence-corrected chi connectivity index (χ0v) is 15.6. The Morgan fingerprint density at radius 1 is 1.46 bits per heavy atom. The van der Waals surface area contributed by atoms with E-state index < -0.39 is 6.04 Å². The monoisotopic (exact) mass is 374 g/mol. The van der Waals surface area contributed by atoms with Crippen molar-refractivity contribution in [3.05, 3.63) is 29.7 Å². The molecule has 1 aliphatic heterocycles. The number of carbonyl (C=O) groups is 2. The third-order valence-electron chi connectivity index (χ3n) is 4.21. The fourth-order valence-electron chi connectivity index (χ4n) is 2.91. The molecule has 9 heteroatoms. The summed E-state index contributed by atoms with van der Waals surface area (Å²) in [7, 11) is 0. The minimum absolute atomic E-state index is 0.0845. The molecule has 26 heavy (non-hydrogen) atoms. The molecular formula is C17H22N6O2S. The SMILES string of the molecule is CC(C)N1CCNC(=O)C1CC(=O)NCc1csc(-c2cnccn2)n1. The Balaban J connectivity index is 1.55.